The van der Waals surface area contributed by atoms with Crippen LogP contribution in [0.2, 0.25) is 0 Å². The fourth-order valence-electron chi connectivity index (χ4n) is 2.53. The van der Waals surface area contributed by atoms with Crippen LogP contribution in [0.5, 0.6) is 0 Å². The fraction of sp³-hybridized carbons (Fsp3) is 0.389. The predicted octanol–water partition coefficient (Wildman–Crippen LogP) is 3.84. The minimum atomic E-state index is -0.0892. The maximum Gasteiger partial charge on any atom is 0.228 e. The van der Waals surface area contributed by atoms with Crippen molar-refractivity contribution < 1.29 is 4.79 Å². The molecule has 0 saturated heterocycles. The van der Waals surface area contributed by atoms with Crippen LogP contribution in [0.4, 0.5) is 5.82 Å². The number of hydrogen-bond donors (Lipinski definition) is 1. The lowest BCUT2D eigenvalue weighted by Gasteiger charge is -2.06. The van der Waals surface area contributed by atoms with Crippen LogP contribution in [0.1, 0.15) is 27.7 Å². The summed E-state index contributed by atoms with van der Waals surface area (Å²) in [4.78, 5) is 16.8. The van der Waals surface area contributed by atoms with Gasteiger partial charge in [0.1, 0.15) is 0 Å². The molecule has 0 radical (unpaired) electrons. The van der Waals surface area contributed by atoms with Gasteiger partial charge in [-0.05, 0) is 18.1 Å². The minimum Gasteiger partial charge on any atom is -0.308 e. The number of aromatic nitrogens is 3. The second-order valence-corrected chi connectivity index (χ2v) is 6.62. The van der Waals surface area contributed by atoms with Crippen LogP contribution in [0.15, 0.2) is 30.3 Å². The van der Waals surface area contributed by atoms with Crippen molar-refractivity contribution in [2.75, 3.05) is 5.32 Å². The summed E-state index contributed by atoms with van der Waals surface area (Å²) in [6.45, 7) is 8.79. The maximum absolute atomic E-state index is 12.1. The normalized spacial score (nSPS) is 11.7. The van der Waals surface area contributed by atoms with E-state index in [0.29, 0.717) is 11.7 Å². The lowest BCUT2D eigenvalue weighted by molar-refractivity contribution is -0.118. The third-order valence-corrected chi connectivity index (χ3v) is 3.73. The van der Waals surface area contributed by atoms with E-state index in [2.05, 4.69) is 30.3 Å². The molecule has 3 aromatic rings. The Morgan fingerprint density at radius 1 is 1.22 bits per heavy atom. The summed E-state index contributed by atoms with van der Waals surface area (Å²) in [6.07, 6.45) is 0. The fourth-order valence-corrected chi connectivity index (χ4v) is 2.53. The standard InChI is InChI=1S/C18H22N4O/c1-11(2)10-22-17-14(16(21-22)20-18(23)12(3)4)9-13-7-5-6-8-15(13)19-17/h5-9,11-12H,10H2,1-4H3,(H,20,21,23). The van der Waals surface area contributed by atoms with Crippen LogP contribution in [0, 0.1) is 11.8 Å². The summed E-state index contributed by atoms with van der Waals surface area (Å²) >= 11 is 0. The Labute approximate surface area is 135 Å². The molecular weight excluding hydrogens is 288 g/mol. The van der Waals surface area contributed by atoms with E-state index in [0.717, 1.165) is 28.5 Å². The molecule has 2 heterocycles. The molecule has 0 atom stereocenters. The topological polar surface area (TPSA) is 59.8 Å². The van der Waals surface area contributed by atoms with Crippen LogP contribution < -0.4 is 5.32 Å². The van der Waals surface area contributed by atoms with E-state index >= 15 is 0 Å². The van der Waals surface area contributed by atoms with E-state index in [-0.39, 0.29) is 11.8 Å². The molecule has 0 bridgehead atoms. The van der Waals surface area contributed by atoms with E-state index in [9.17, 15) is 4.79 Å². The third kappa shape index (κ3) is 3.04. The van der Waals surface area contributed by atoms with Crippen LogP contribution >= 0.6 is 0 Å². The van der Waals surface area contributed by atoms with Gasteiger partial charge in [0.15, 0.2) is 11.5 Å². The second kappa shape index (κ2) is 5.99. The Morgan fingerprint density at radius 3 is 2.65 bits per heavy atom. The molecule has 0 aliphatic heterocycles. The Balaban J connectivity index is 2.18. The highest BCUT2D eigenvalue weighted by atomic mass is 16.1. The maximum atomic E-state index is 12.1. The molecule has 0 spiro atoms. The van der Waals surface area contributed by atoms with Crippen molar-refractivity contribution in [1.29, 1.82) is 0 Å². The molecule has 1 aromatic carbocycles. The minimum absolute atomic E-state index is 0.0331. The average Bonchev–Trinajstić information content (AvgIpc) is 2.81. The van der Waals surface area contributed by atoms with E-state index in [1.165, 1.54) is 0 Å². The van der Waals surface area contributed by atoms with Gasteiger partial charge in [-0.15, -0.1) is 0 Å². The van der Waals surface area contributed by atoms with E-state index in [4.69, 9.17) is 4.98 Å². The van der Waals surface area contributed by atoms with Crippen molar-refractivity contribution >= 4 is 33.7 Å². The molecule has 0 aliphatic rings. The number of nitrogens with one attached hydrogen (secondary N) is 1. The lowest BCUT2D eigenvalue weighted by Crippen LogP contribution is -2.18. The molecular formula is C18H22N4O. The molecule has 1 N–H and O–H groups in total. The predicted molar refractivity (Wildman–Crippen MR) is 93.3 cm³/mol. The first-order chi connectivity index (χ1) is 11.0. The molecule has 2 aromatic heterocycles. The molecule has 120 valence electrons. The first kappa shape index (κ1) is 15.5. The summed E-state index contributed by atoms with van der Waals surface area (Å²) < 4.78 is 1.89. The number of anilines is 1. The molecule has 0 fully saturated rings. The van der Waals surface area contributed by atoms with Gasteiger partial charge in [-0.3, -0.25) is 4.79 Å². The molecule has 23 heavy (non-hydrogen) atoms. The van der Waals surface area contributed by atoms with Crippen molar-refractivity contribution in [1.82, 2.24) is 14.8 Å². The van der Waals surface area contributed by atoms with Crippen LogP contribution in [-0.2, 0) is 11.3 Å². The summed E-state index contributed by atoms with van der Waals surface area (Å²) in [5.41, 5.74) is 1.75. The van der Waals surface area contributed by atoms with Gasteiger partial charge in [-0.1, -0.05) is 45.9 Å². The zero-order valence-corrected chi connectivity index (χ0v) is 14.0. The number of fused-ring (bicyclic) bond motifs is 2. The van der Waals surface area contributed by atoms with E-state index in [1.54, 1.807) is 0 Å². The van der Waals surface area contributed by atoms with Gasteiger partial charge in [0.2, 0.25) is 5.91 Å². The van der Waals surface area contributed by atoms with Crippen molar-refractivity contribution in [3.05, 3.63) is 30.3 Å². The van der Waals surface area contributed by atoms with Gasteiger partial charge in [0.25, 0.3) is 0 Å². The van der Waals surface area contributed by atoms with Crippen LogP contribution in [0.25, 0.3) is 21.9 Å². The zero-order valence-electron chi connectivity index (χ0n) is 14.0. The van der Waals surface area contributed by atoms with Crippen molar-refractivity contribution in [3.63, 3.8) is 0 Å². The molecule has 0 saturated carbocycles. The summed E-state index contributed by atoms with van der Waals surface area (Å²) in [5, 5.41) is 9.46. The Morgan fingerprint density at radius 2 is 1.96 bits per heavy atom. The van der Waals surface area contributed by atoms with Gasteiger partial charge in [-0.2, -0.15) is 5.10 Å². The summed E-state index contributed by atoms with van der Waals surface area (Å²) in [5.74, 6) is 0.917. The van der Waals surface area contributed by atoms with Gasteiger partial charge < -0.3 is 5.32 Å². The van der Waals surface area contributed by atoms with E-state index in [1.807, 2.05) is 42.8 Å². The Kier molecular flexibility index (Phi) is 4.03. The largest absolute Gasteiger partial charge is 0.308 e. The number of carbonyl (C=O) groups excluding carboxylic acids is 1. The van der Waals surface area contributed by atoms with Gasteiger partial charge in [-0.25, -0.2) is 9.67 Å². The first-order valence-corrected chi connectivity index (χ1v) is 8.03. The number of pyridine rings is 1. The zero-order chi connectivity index (χ0) is 16.6. The van der Waals surface area contributed by atoms with Crippen LogP contribution in [-0.4, -0.2) is 20.7 Å². The Bertz CT molecular complexity index is 864. The number of benzene rings is 1. The smallest absolute Gasteiger partial charge is 0.228 e. The molecule has 5 nitrogen and oxygen atoms in total. The number of rotatable bonds is 4. The quantitative estimate of drug-likeness (QED) is 0.796. The molecule has 0 aliphatic carbocycles. The van der Waals surface area contributed by atoms with E-state index < -0.39 is 0 Å². The number of para-hydroxylation sites is 1. The SMILES string of the molecule is CC(C)Cn1nc(NC(=O)C(C)C)c2cc3ccccc3nc21. The Hall–Kier alpha value is -2.43. The highest BCUT2D eigenvalue weighted by molar-refractivity contribution is 6.03. The highest BCUT2D eigenvalue weighted by Gasteiger charge is 2.17. The van der Waals surface area contributed by atoms with Crippen LogP contribution in [0.3, 0.4) is 0 Å². The number of hydrogen-bond acceptors (Lipinski definition) is 3. The average molecular weight is 310 g/mol. The monoisotopic (exact) mass is 310 g/mol. The highest BCUT2D eigenvalue weighted by Crippen LogP contribution is 2.26. The molecule has 3 rings (SSSR count). The van der Waals surface area contributed by atoms with Gasteiger partial charge in [0, 0.05) is 17.8 Å². The first-order valence-electron chi connectivity index (χ1n) is 8.03. The molecule has 0 unspecified atom stereocenters. The number of nitrogens with zero attached hydrogens (tertiary/aromatic N) is 3. The number of amides is 1. The molecule has 1 amide bonds. The van der Waals surface area contributed by atoms with Crippen molar-refractivity contribution in [2.24, 2.45) is 11.8 Å². The number of carbonyl (C=O) groups is 1. The van der Waals surface area contributed by atoms with Gasteiger partial charge >= 0.3 is 0 Å². The second-order valence-electron chi connectivity index (χ2n) is 6.62. The third-order valence-electron chi connectivity index (χ3n) is 3.73. The van der Waals surface area contributed by atoms with Crippen molar-refractivity contribution in [2.45, 2.75) is 34.2 Å². The van der Waals surface area contributed by atoms with Crippen molar-refractivity contribution in [3.8, 4) is 0 Å². The van der Waals surface area contributed by atoms with Gasteiger partial charge in [0.05, 0.1) is 10.9 Å². The summed E-state index contributed by atoms with van der Waals surface area (Å²) in [7, 11) is 0. The molecule has 5 heteroatoms. The summed E-state index contributed by atoms with van der Waals surface area (Å²) in [6, 6.07) is 10.0. The lowest BCUT2D eigenvalue weighted by atomic mass is 10.1.